The number of aromatic nitrogens is 1. The monoisotopic (exact) mass is 312 g/mol. The van der Waals surface area contributed by atoms with Crippen molar-refractivity contribution in [1.29, 1.82) is 0 Å². The van der Waals surface area contributed by atoms with E-state index >= 15 is 0 Å². The van der Waals surface area contributed by atoms with Crippen molar-refractivity contribution >= 4 is 11.6 Å². The van der Waals surface area contributed by atoms with Crippen molar-refractivity contribution in [2.75, 3.05) is 5.32 Å². The van der Waals surface area contributed by atoms with E-state index in [-0.39, 0.29) is 23.4 Å². The zero-order chi connectivity index (χ0) is 16.0. The number of rotatable bonds is 2. The van der Waals surface area contributed by atoms with Gasteiger partial charge in [0, 0.05) is 17.7 Å². The maximum Gasteiger partial charge on any atom is 0.252 e. The molecule has 1 fully saturated rings. The Hall–Kier alpha value is -2.43. The number of nitrogens with zero attached hydrogens (tertiary/aromatic N) is 1. The van der Waals surface area contributed by atoms with Crippen molar-refractivity contribution in [1.82, 2.24) is 4.57 Å². The molecule has 1 N–H and O–H groups in total. The number of fused-ring (bicyclic) bond motifs is 3. The van der Waals surface area contributed by atoms with E-state index in [2.05, 4.69) is 5.32 Å². The van der Waals surface area contributed by atoms with Crippen molar-refractivity contribution in [3.8, 4) is 0 Å². The van der Waals surface area contributed by atoms with Gasteiger partial charge in [-0.2, -0.15) is 0 Å². The van der Waals surface area contributed by atoms with Crippen LogP contribution in [0.1, 0.15) is 47.6 Å². The number of pyridine rings is 1. The lowest BCUT2D eigenvalue weighted by atomic mass is 9.91. The molecule has 2 aliphatic rings. The number of hydrogen-bond acceptors (Lipinski definition) is 3. The summed E-state index contributed by atoms with van der Waals surface area (Å²) in [7, 11) is 0. The average molecular weight is 312 g/mol. The molecule has 2 aromatic rings. The summed E-state index contributed by atoms with van der Waals surface area (Å²) in [4.78, 5) is 25.0. The van der Waals surface area contributed by atoms with Crippen LogP contribution >= 0.6 is 0 Å². The lowest BCUT2D eigenvalue weighted by Gasteiger charge is -2.25. The second-order valence-electron chi connectivity index (χ2n) is 6.25. The fourth-order valence-corrected chi connectivity index (χ4v) is 3.76. The summed E-state index contributed by atoms with van der Waals surface area (Å²) in [6, 6.07) is 8.96. The molecule has 4 rings (SSSR count). The van der Waals surface area contributed by atoms with E-state index in [1.807, 2.05) is 0 Å². The van der Waals surface area contributed by atoms with Gasteiger partial charge in [-0.3, -0.25) is 14.2 Å². The molecule has 2 heterocycles. The maximum atomic E-state index is 13.4. The van der Waals surface area contributed by atoms with Crippen LogP contribution in [0, 0.1) is 5.82 Å². The van der Waals surface area contributed by atoms with E-state index in [1.54, 1.807) is 16.7 Å². The third-order valence-corrected chi connectivity index (χ3v) is 4.84. The predicted molar refractivity (Wildman–Crippen MR) is 85.5 cm³/mol. The van der Waals surface area contributed by atoms with Crippen LogP contribution in [-0.4, -0.2) is 16.4 Å². The minimum atomic E-state index is -0.442. The van der Waals surface area contributed by atoms with Crippen LogP contribution in [-0.2, 0) is 0 Å². The van der Waals surface area contributed by atoms with Crippen molar-refractivity contribution in [2.45, 2.75) is 37.8 Å². The Bertz CT molecular complexity index is 843. The molecule has 5 heteroatoms. The Balaban J connectivity index is 1.81. The van der Waals surface area contributed by atoms with Gasteiger partial charge in [-0.15, -0.1) is 0 Å². The third-order valence-electron chi connectivity index (χ3n) is 4.84. The number of carbonyl (C=O) groups is 1. The Kier molecular flexibility index (Phi) is 3.29. The minimum absolute atomic E-state index is 0.0855. The lowest BCUT2D eigenvalue weighted by molar-refractivity contribution is 0.103. The first-order valence-electron chi connectivity index (χ1n) is 7.97. The van der Waals surface area contributed by atoms with Gasteiger partial charge < -0.3 is 5.32 Å². The third kappa shape index (κ3) is 2.27. The molecule has 0 radical (unpaired) electrons. The second kappa shape index (κ2) is 5.33. The van der Waals surface area contributed by atoms with Gasteiger partial charge in [-0.05, 0) is 31.0 Å². The van der Waals surface area contributed by atoms with Gasteiger partial charge in [0.15, 0.2) is 5.78 Å². The van der Waals surface area contributed by atoms with Gasteiger partial charge in [-0.25, -0.2) is 4.39 Å². The van der Waals surface area contributed by atoms with E-state index < -0.39 is 5.82 Å². The fourth-order valence-electron chi connectivity index (χ4n) is 3.76. The van der Waals surface area contributed by atoms with Crippen molar-refractivity contribution in [3.05, 3.63) is 63.7 Å². The van der Waals surface area contributed by atoms with E-state index in [4.69, 9.17) is 0 Å². The molecule has 23 heavy (non-hydrogen) atoms. The topological polar surface area (TPSA) is 51.1 Å². The standard InChI is InChI=1S/C18H17FN2O2/c19-12-5-3-4-11(10-12)17(23)13-8-9-16(22)21-15-7-2-1-6-14(15)20-18(13)21/h3-5,8-10,14-15,20H,1-2,6-7H2/t14-,15+/m1/s1. The summed E-state index contributed by atoms with van der Waals surface area (Å²) in [5.74, 6) is -0.120. The number of hydrogen-bond donors (Lipinski definition) is 1. The molecular formula is C18H17FN2O2. The molecule has 1 aromatic heterocycles. The van der Waals surface area contributed by atoms with E-state index in [9.17, 15) is 14.0 Å². The molecule has 118 valence electrons. The number of nitrogens with one attached hydrogen (secondary N) is 1. The fraction of sp³-hybridized carbons (Fsp3) is 0.333. The summed E-state index contributed by atoms with van der Waals surface area (Å²) < 4.78 is 15.1. The van der Waals surface area contributed by atoms with Crippen molar-refractivity contribution < 1.29 is 9.18 Å². The SMILES string of the molecule is O=C(c1cccc(F)c1)c1ccc(=O)n2c1N[C@@H]1CCCC[C@@H]12. The maximum absolute atomic E-state index is 13.4. The van der Waals surface area contributed by atoms with Gasteiger partial charge in [0.25, 0.3) is 5.56 Å². The molecule has 0 unspecified atom stereocenters. The lowest BCUT2D eigenvalue weighted by Crippen LogP contribution is -2.29. The van der Waals surface area contributed by atoms with Crippen LogP contribution < -0.4 is 10.9 Å². The first-order chi connectivity index (χ1) is 11.1. The van der Waals surface area contributed by atoms with Crippen LogP contribution in [0.5, 0.6) is 0 Å². The normalized spacial score (nSPS) is 22.1. The first kappa shape index (κ1) is 14.2. The highest BCUT2D eigenvalue weighted by Crippen LogP contribution is 2.38. The summed E-state index contributed by atoms with van der Waals surface area (Å²) in [6.45, 7) is 0. The number of anilines is 1. The molecule has 1 aromatic carbocycles. The van der Waals surface area contributed by atoms with Gasteiger partial charge in [0.2, 0.25) is 0 Å². The quantitative estimate of drug-likeness (QED) is 0.867. The van der Waals surface area contributed by atoms with Crippen LogP contribution in [0.2, 0.25) is 0 Å². The molecule has 1 aliphatic heterocycles. The highest BCUT2D eigenvalue weighted by Gasteiger charge is 2.36. The average Bonchev–Trinajstić information content (AvgIpc) is 2.95. The summed E-state index contributed by atoms with van der Waals surface area (Å²) in [5.41, 5.74) is 0.644. The summed E-state index contributed by atoms with van der Waals surface area (Å²) >= 11 is 0. The number of benzene rings is 1. The van der Waals surface area contributed by atoms with Crippen LogP contribution in [0.25, 0.3) is 0 Å². The zero-order valence-electron chi connectivity index (χ0n) is 12.6. The van der Waals surface area contributed by atoms with Gasteiger partial charge in [0.05, 0.1) is 11.6 Å². The Morgan fingerprint density at radius 3 is 2.83 bits per heavy atom. The Labute approximate surface area is 132 Å². The molecule has 2 atom stereocenters. The van der Waals surface area contributed by atoms with Crippen LogP contribution in [0.15, 0.2) is 41.2 Å². The smallest absolute Gasteiger partial charge is 0.252 e. The van der Waals surface area contributed by atoms with E-state index in [1.165, 1.54) is 24.3 Å². The molecule has 0 amide bonds. The number of halogens is 1. The Morgan fingerprint density at radius 1 is 1.17 bits per heavy atom. The molecular weight excluding hydrogens is 295 g/mol. The highest BCUT2D eigenvalue weighted by atomic mass is 19.1. The van der Waals surface area contributed by atoms with Crippen LogP contribution in [0.4, 0.5) is 10.2 Å². The number of ketones is 1. The van der Waals surface area contributed by atoms with Crippen LogP contribution in [0.3, 0.4) is 0 Å². The second-order valence-corrected chi connectivity index (χ2v) is 6.25. The molecule has 0 saturated heterocycles. The van der Waals surface area contributed by atoms with Gasteiger partial charge in [-0.1, -0.05) is 25.0 Å². The van der Waals surface area contributed by atoms with Gasteiger partial charge in [0.1, 0.15) is 11.6 Å². The van der Waals surface area contributed by atoms with Gasteiger partial charge >= 0.3 is 0 Å². The molecule has 1 aliphatic carbocycles. The molecule has 0 bridgehead atoms. The minimum Gasteiger partial charge on any atom is -0.366 e. The zero-order valence-corrected chi connectivity index (χ0v) is 12.6. The molecule has 4 nitrogen and oxygen atoms in total. The van der Waals surface area contributed by atoms with E-state index in [0.29, 0.717) is 16.9 Å². The predicted octanol–water partition coefficient (Wildman–Crippen LogP) is 3.13. The first-order valence-corrected chi connectivity index (χ1v) is 7.97. The summed E-state index contributed by atoms with van der Waals surface area (Å²) in [5, 5.41) is 3.36. The number of carbonyl (C=O) groups excluding carboxylic acids is 1. The molecule has 1 saturated carbocycles. The van der Waals surface area contributed by atoms with Crippen molar-refractivity contribution in [2.24, 2.45) is 0 Å². The highest BCUT2D eigenvalue weighted by molar-refractivity contribution is 6.12. The van der Waals surface area contributed by atoms with Crippen molar-refractivity contribution in [3.63, 3.8) is 0 Å². The summed E-state index contributed by atoms with van der Waals surface area (Å²) in [6.07, 6.45) is 4.17. The largest absolute Gasteiger partial charge is 0.366 e. The molecule has 0 spiro atoms. The van der Waals surface area contributed by atoms with E-state index in [0.717, 1.165) is 25.7 Å². The Morgan fingerprint density at radius 2 is 2.00 bits per heavy atom.